The monoisotopic (exact) mass is 303 g/mol. The molecule has 2 unspecified atom stereocenters. The number of ketones is 1. The van der Waals surface area contributed by atoms with Gasteiger partial charge in [-0.05, 0) is 44.1 Å². The zero-order valence-corrected chi connectivity index (χ0v) is 14.9. The number of allylic oxidation sites excluding steroid dienone is 4. The van der Waals surface area contributed by atoms with E-state index < -0.39 is 0 Å². The van der Waals surface area contributed by atoms with Crippen LogP contribution in [-0.4, -0.2) is 12.0 Å². The van der Waals surface area contributed by atoms with Crippen LogP contribution in [0.25, 0.3) is 0 Å². The summed E-state index contributed by atoms with van der Waals surface area (Å²) in [5, 5.41) is 0. The van der Waals surface area contributed by atoms with Crippen LogP contribution in [0.15, 0.2) is 28.4 Å². The number of aliphatic imine (C=N–C) groups is 1. The van der Waals surface area contributed by atoms with Crippen molar-refractivity contribution >= 4 is 12.0 Å². The summed E-state index contributed by atoms with van der Waals surface area (Å²) in [6, 6.07) is 0. The molecule has 0 radical (unpaired) electrons. The largest absolute Gasteiger partial charge is 0.299 e. The lowest BCUT2D eigenvalue weighted by Gasteiger charge is -2.22. The lowest BCUT2D eigenvalue weighted by molar-refractivity contribution is -0.124. The Bertz CT molecular complexity index is 431. The predicted molar refractivity (Wildman–Crippen MR) is 96.3 cm³/mol. The molecular weight excluding hydrogens is 270 g/mol. The van der Waals surface area contributed by atoms with Crippen molar-refractivity contribution in [1.82, 2.24) is 0 Å². The molecule has 0 fully saturated rings. The molecule has 0 aliphatic carbocycles. The summed E-state index contributed by atoms with van der Waals surface area (Å²) in [6.07, 6.45) is 14.7. The molecule has 0 aromatic heterocycles. The van der Waals surface area contributed by atoms with Gasteiger partial charge >= 0.3 is 0 Å². The van der Waals surface area contributed by atoms with Gasteiger partial charge in [-0.3, -0.25) is 9.79 Å². The van der Waals surface area contributed by atoms with Crippen LogP contribution in [0.1, 0.15) is 79.1 Å². The maximum atomic E-state index is 12.2. The first-order valence-electron chi connectivity index (χ1n) is 9.06. The summed E-state index contributed by atoms with van der Waals surface area (Å²) in [5.41, 5.74) is 2.60. The fraction of sp³-hybridized carbons (Fsp3) is 0.700. The highest BCUT2D eigenvalue weighted by atomic mass is 16.1. The van der Waals surface area contributed by atoms with Crippen LogP contribution < -0.4 is 0 Å². The van der Waals surface area contributed by atoms with Crippen LogP contribution in [0, 0.1) is 11.8 Å². The van der Waals surface area contributed by atoms with Crippen LogP contribution in [0.4, 0.5) is 0 Å². The van der Waals surface area contributed by atoms with E-state index in [1.165, 1.54) is 24.8 Å². The minimum absolute atomic E-state index is 0.126. The van der Waals surface area contributed by atoms with Gasteiger partial charge in [0, 0.05) is 24.3 Å². The van der Waals surface area contributed by atoms with Gasteiger partial charge in [0.05, 0.1) is 0 Å². The average molecular weight is 303 g/mol. The van der Waals surface area contributed by atoms with E-state index in [2.05, 4.69) is 37.9 Å². The van der Waals surface area contributed by atoms with Gasteiger partial charge in [0.1, 0.15) is 5.78 Å². The first-order chi connectivity index (χ1) is 10.6. The third kappa shape index (κ3) is 6.29. The summed E-state index contributed by atoms with van der Waals surface area (Å²) in [5.74, 6) is 0.942. The fourth-order valence-electron chi connectivity index (χ4n) is 2.95. The van der Waals surface area contributed by atoms with Crippen molar-refractivity contribution in [2.45, 2.75) is 79.1 Å². The van der Waals surface area contributed by atoms with Gasteiger partial charge in [-0.15, -0.1) is 0 Å². The summed E-state index contributed by atoms with van der Waals surface area (Å²) in [6.45, 7) is 8.55. The molecule has 1 rings (SSSR count). The number of nitrogens with zero attached hydrogens (tertiary/aromatic N) is 1. The minimum atomic E-state index is 0.126. The summed E-state index contributed by atoms with van der Waals surface area (Å²) >= 11 is 0. The van der Waals surface area contributed by atoms with Crippen molar-refractivity contribution in [3.63, 3.8) is 0 Å². The van der Waals surface area contributed by atoms with Gasteiger partial charge in [-0.25, -0.2) is 0 Å². The van der Waals surface area contributed by atoms with Crippen molar-refractivity contribution in [2.75, 3.05) is 0 Å². The highest BCUT2D eigenvalue weighted by molar-refractivity contribution is 5.81. The van der Waals surface area contributed by atoms with Crippen LogP contribution in [-0.2, 0) is 4.79 Å². The molecule has 0 spiro atoms. The normalized spacial score (nSPS) is 24.2. The summed E-state index contributed by atoms with van der Waals surface area (Å²) < 4.78 is 0. The maximum Gasteiger partial charge on any atom is 0.136 e. The van der Waals surface area contributed by atoms with E-state index in [1.54, 1.807) is 0 Å². The standard InChI is InChI=1S/C20H33NO/c1-5-8-10-17-11-9-12-18(21-14-13-17)15-19(16(4)6-2)20(22)7-3/h12-14,16,19H,5-11,15H2,1-4H3/b17-13-,18-12+,21-14+. The molecule has 1 aliphatic rings. The molecule has 0 bridgehead atoms. The van der Waals surface area contributed by atoms with Gasteiger partial charge in [-0.1, -0.05) is 52.2 Å². The van der Waals surface area contributed by atoms with E-state index in [1.807, 2.05) is 13.1 Å². The lowest BCUT2D eigenvalue weighted by atomic mass is 9.83. The number of rotatable bonds is 9. The van der Waals surface area contributed by atoms with Crippen molar-refractivity contribution in [3.05, 3.63) is 23.4 Å². The highest BCUT2D eigenvalue weighted by Crippen LogP contribution is 2.27. The zero-order valence-electron chi connectivity index (χ0n) is 14.9. The molecule has 2 atom stereocenters. The Labute approximate surface area is 136 Å². The average Bonchev–Trinajstić information content (AvgIpc) is 2.51. The van der Waals surface area contributed by atoms with Crippen molar-refractivity contribution in [1.29, 1.82) is 0 Å². The quantitative estimate of drug-likeness (QED) is 0.522. The van der Waals surface area contributed by atoms with E-state index >= 15 is 0 Å². The third-order valence-electron chi connectivity index (χ3n) is 4.77. The van der Waals surface area contributed by atoms with Crippen molar-refractivity contribution < 1.29 is 4.79 Å². The Morgan fingerprint density at radius 2 is 2.09 bits per heavy atom. The number of Topliss-reactive ketones (excluding diaryl/α,β-unsaturated/α-hetero) is 1. The second-order valence-electron chi connectivity index (χ2n) is 6.46. The van der Waals surface area contributed by atoms with E-state index in [9.17, 15) is 4.79 Å². The van der Waals surface area contributed by atoms with Gasteiger partial charge in [0.15, 0.2) is 0 Å². The van der Waals surface area contributed by atoms with Crippen LogP contribution in [0.2, 0.25) is 0 Å². The SMILES string of the molecule is CCCC/C1=C/C=N/C(CC(C(=O)CC)C(C)CC)=C/CC1. The molecule has 1 aliphatic heterocycles. The van der Waals surface area contributed by atoms with E-state index in [0.29, 0.717) is 18.1 Å². The third-order valence-corrected chi connectivity index (χ3v) is 4.77. The van der Waals surface area contributed by atoms with Gasteiger partial charge in [0.25, 0.3) is 0 Å². The lowest BCUT2D eigenvalue weighted by Crippen LogP contribution is -2.21. The van der Waals surface area contributed by atoms with Crippen LogP contribution in [0.3, 0.4) is 0 Å². The van der Waals surface area contributed by atoms with E-state index in [0.717, 1.165) is 31.4 Å². The Morgan fingerprint density at radius 1 is 1.32 bits per heavy atom. The van der Waals surface area contributed by atoms with Gasteiger partial charge in [0.2, 0.25) is 0 Å². The summed E-state index contributed by atoms with van der Waals surface area (Å²) in [4.78, 5) is 16.8. The first kappa shape index (κ1) is 18.9. The number of carbonyl (C=O) groups excluding carboxylic acids is 1. The number of unbranched alkanes of at least 4 members (excludes halogenated alkanes) is 1. The molecule has 2 nitrogen and oxygen atoms in total. The Morgan fingerprint density at radius 3 is 2.73 bits per heavy atom. The number of hydrogen-bond acceptors (Lipinski definition) is 2. The molecule has 0 saturated heterocycles. The smallest absolute Gasteiger partial charge is 0.136 e. The van der Waals surface area contributed by atoms with E-state index in [-0.39, 0.29) is 5.92 Å². The van der Waals surface area contributed by atoms with Crippen LogP contribution in [0.5, 0.6) is 0 Å². The molecule has 1 heterocycles. The zero-order chi connectivity index (χ0) is 16.4. The van der Waals surface area contributed by atoms with Crippen molar-refractivity contribution in [3.8, 4) is 0 Å². The molecule has 124 valence electrons. The second kappa shape index (κ2) is 10.5. The van der Waals surface area contributed by atoms with Gasteiger partial charge < -0.3 is 0 Å². The molecule has 0 saturated carbocycles. The molecule has 0 amide bonds. The second-order valence-corrected chi connectivity index (χ2v) is 6.46. The first-order valence-corrected chi connectivity index (χ1v) is 9.06. The molecule has 0 aromatic carbocycles. The molecule has 22 heavy (non-hydrogen) atoms. The summed E-state index contributed by atoms with van der Waals surface area (Å²) in [7, 11) is 0. The Kier molecular flexibility index (Phi) is 9.03. The van der Waals surface area contributed by atoms with Crippen LogP contribution >= 0.6 is 0 Å². The van der Waals surface area contributed by atoms with Crippen molar-refractivity contribution in [2.24, 2.45) is 16.8 Å². The van der Waals surface area contributed by atoms with Gasteiger partial charge in [-0.2, -0.15) is 0 Å². The Hall–Kier alpha value is -1.18. The highest BCUT2D eigenvalue weighted by Gasteiger charge is 2.23. The molecule has 2 heteroatoms. The number of carbonyl (C=O) groups is 1. The molecule has 0 N–H and O–H groups in total. The fourth-order valence-corrected chi connectivity index (χ4v) is 2.95. The number of hydrogen-bond donors (Lipinski definition) is 0. The molecule has 0 aromatic rings. The maximum absolute atomic E-state index is 12.2. The predicted octanol–water partition coefficient (Wildman–Crippen LogP) is 5.88. The topological polar surface area (TPSA) is 29.4 Å². The minimum Gasteiger partial charge on any atom is -0.299 e. The Balaban J connectivity index is 2.72. The van der Waals surface area contributed by atoms with E-state index in [4.69, 9.17) is 0 Å². The molecular formula is C20H33NO.